The fourth-order valence-corrected chi connectivity index (χ4v) is 3.14. The van der Waals surface area contributed by atoms with E-state index in [4.69, 9.17) is 4.42 Å². The van der Waals surface area contributed by atoms with Gasteiger partial charge in [-0.05, 0) is 51.0 Å². The SMILES string of the molecule is Cc1ccc(S(=O)(=O)N(C)Cc2nc(C)c(C)o2)cc1C. The molecule has 0 N–H and O–H groups in total. The van der Waals surface area contributed by atoms with Crippen molar-refractivity contribution in [2.75, 3.05) is 7.05 Å². The van der Waals surface area contributed by atoms with Gasteiger partial charge < -0.3 is 4.42 Å². The van der Waals surface area contributed by atoms with E-state index < -0.39 is 10.0 Å². The second-order valence-corrected chi connectivity index (χ2v) is 7.30. The van der Waals surface area contributed by atoms with Crippen molar-refractivity contribution in [3.63, 3.8) is 0 Å². The minimum Gasteiger partial charge on any atom is -0.444 e. The molecule has 1 aromatic heterocycles. The predicted octanol–water partition coefficient (Wildman–Crippen LogP) is 2.73. The van der Waals surface area contributed by atoms with Crippen molar-refractivity contribution >= 4 is 10.0 Å². The largest absolute Gasteiger partial charge is 0.444 e. The molecule has 2 rings (SSSR count). The normalized spacial score (nSPS) is 12.1. The summed E-state index contributed by atoms with van der Waals surface area (Å²) in [5.74, 6) is 1.11. The monoisotopic (exact) mass is 308 g/mol. The van der Waals surface area contributed by atoms with E-state index in [0.717, 1.165) is 16.8 Å². The van der Waals surface area contributed by atoms with Gasteiger partial charge in [0.05, 0.1) is 17.1 Å². The van der Waals surface area contributed by atoms with Gasteiger partial charge in [0.25, 0.3) is 0 Å². The Morgan fingerprint density at radius 3 is 2.33 bits per heavy atom. The molecular weight excluding hydrogens is 288 g/mol. The summed E-state index contributed by atoms with van der Waals surface area (Å²) in [6.07, 6.45) is 0. The van der Waals surface area contributed by atoms with Crippen LogP contribution in [0.3, 0.4) is 0 Å². The number of oxazole rings is 1. The number of rotatable bonds is 4. The van der Waals surface area contributed by atoms with Crippen LogP contribution in [0.4, 0.5) is 0 Å². The van der Waals surface area contributed by atoms with Crippen molar-refractivity contribution in [2.45, 2.75) is 39.1 Å². The van der Waals surface area contributed by atoms with E-state index in [2.05, 4.69) is 4.98 Å². The molecule has 0 fully saturated rings. The number of sulfonamides is 1. The van der Waals surface area contributed by atoms with E-state index in [1.54, 1.807) is 12.1 Å². The average Bonchev–Trinajstić information content (AvgIpc) is 2.71. The molecule has 0 saturated heterocycles. The van der Waals surface area contributed by atoms with Crippen LogP contribution in [-0.2, 0) is 16.6 Å². The minimum atomic E-state index is -3.55. The van der Waals surface area contributed by atoms with Crippen LogP contribution >= 0.6 is 0 Å². The summed E-state index contributed by atoms with van der Waals surface area (Å²) in [5.41, 5.74) is 2.80. The Hall–Kier alpha value is -1.66. The molecule has 0 radical (unpaired) electrons. The molecule has 0 spiro atoms. The van der Waals surface area contributed by atoms with Crippen molar-refractivity contribution in [1.82, 2.24) is 9.29 Å². The van der Waals surface area contributed by atoms with Gasteiger partial charge in [-0.15, -0.1) is 0 Å². The first kappa shape index (κ1) is 15.7. The van der Waals surface area contributed by atoms with Crippen LogP contribution < -0.4 is 0 Å². The zero-order valence-electron chi connectivity index (χ0n) is 13.0. The highest BCUT2D eigenvalue weighted by Crippen LogP contribution is 2.20. The molecule has 0 atom stereocenters. The van der Waals surface area contributed by atoms with Gasteiger partial charge in [0.15, 0.2) is 0 Å². The first-order valence-corrected chi connectivity index (χ1v) is 8.12. The molecule has 21 heavy (non-hydrogen) atoms. The fourth-order valence-electron chi connectivity index (χ4n) is 1.94. The topological polar surface area (TPSA) is 63.4 Å². The molecule has 0 aliphatic rings. The lowest BCUT2D eigenvalue weighted by Gasteiger charge is -2.16. The highest BCUT2D eigenvalue weighted by molar-refractivity contribution is 7.89. The molecule has 5 nitrogen and oxygen atoms in total. The number of hydrogen-bond donors (Lipinski definition) is 0. The van der Waals surface area contributed by atoms with E-state index in [1.165, 1.54) is 11.4 Å². The smallest absolute Gasteiger partial charge is 0.243 e. The van der Waals surface area contributed by atoms with Crippen LogP contribution in [0.2, 0.25) is 0 Å². The summed E-state index contributed by atoms with van der Waals surface area (Å²) in [6, 6.07) is 5.13. The van der Waals surface area contributed by atoms with Crippen LogP contribution in [0.5, 0.6) is 0 Å². The molecule has 114 valence electrons. The molecule has 6 heteroatoms. The van der Waals surface area contributed by atoms with Gasteiger partial charge in [-0.1, -0.05) is 6.07 Å². The van der Waals surface area contributed by atoms with Crippen LogP contribution in [0.15, 0.2) is 27.5 Å². The van der Waals surface area contributed by atoms with Gasteiger partial charge in [-0.25, -0.2) is 13.4 Å². The van der Waals surface area contributed by atoms with Gasteiger partial charge in [-0.2, -0.15) is 4.31 Å². The Morgan fingerprint density at radius 2 is 1.81 bits per heavy atom. The first-order chi connectivity index (χ1) is 9.71. The van der Waals surface area contributed by atoms with Crippen LogP contribution in [0.25, 0.3) is 0 Å². The van der Waals surface area contributed by atoms with Crippen molar-refractivity contribution < 1.29 is 12.8 Å². The lowest BCUT2D eigenvalue weighted by molar-refractivity contribution is 0.387. The molecule has 1 aromatic carbocycles. The molecule has 0 saturated carbocycles. The Kier molecular flexibility index (Phi) is 4.20. The van der Waals surface area contributed by atoms with E-state index in [9.17, 15) is 8.42 Å². The summed E-state index contributed by atoms with van der Waals surface area (Å²) < 4.78 is 31.8. The van der Waals surface area contributed by atoms with E-state index in [0.29, 0.717) is 11.7 Å². The van der Waals surface area contributed by atoms with Crippen molar-refractivity contribution in [3.05, 3.63) is 46.7 Å². The maximum absolute atomic E-state index is 12.5. The first-order valence-electron chi connectivity index (χ1n) is 6.68. The third kappa shape index (κ3) is 3.16. The Balaban J connectivity index is 2.27. The molecule has 1 heterocycles. The zero-order chi connectivity index (χ0) is 15.8. The number of aromatic nitrogens is 1. The van der Waals surface area contributed by atoms with Crippen molar-refractivity contribution in [1.29, 1.82) is 0 Å². The highest BCUT2D eigenvalue weighted by Gasteiger charge is 2.23. The quantitative estimate of drug-likeness (QED) is 0.871. The van der Waals surface area contributed by atoms with Gasteiger partial charge in [-0.3, -0.25) is 0 Å². The Labute approximate surface area is 125 Å². The molecular formula is C15H20N2O3S. The highest BCUT2D eigenvalue weighted by atomic mass is 32.2. The van der Waals surface area contributed by atoms with Crippen LogP contribution in [0, 0.1) is 27.7 Å². The lowest BCUT2D eigenvalue weighted by atomic mass is 10.1. The minimum absolute atomic E-state index is 0.115. The maximum Gasteiger partial charge on any atom is 0.243 e. The van der Waals surface area contributed by atoms with Crippen molar-refractivity contribution in [2.24, 2.45) is 0 Å². The molecule has 0 bridgehead atoms. The van der Waals surface area contributed by atoms with Crippen LogP contribution in [-0.4, -0.2) is 24.8 Å². The Morgan fingerprint density at radius 1 is 1.14 bits per heavy atom. The van der Waals surface area contributed by atoms with E-state index in [-0.39, 0.29) is 11.4 Å². The van der Waals surface area contributed by atoms with Gasteiger partial charge in [0.1, 0.15) is 5.76 Å². The predicted molar refractivity (Wildman–Crippen MR) is 80.5 cm³/mol. The number of aryl methyl sites for hydroxylation is 4. The third-order valence-corrected chi connectivity index (χ3v) is 5.42. The molecule has 0 aliphatic heterocycles. The van der Waals surface area contributed by atoms with E-state index in [1.807, 2.05) is 33.8 Å². The lowest BCUT2D eigenvalue weighted by Crippen LogP contribution is -2.26. The van der Waals surface area contributed by atoms with Crippen molar-refractivity contribution in [3.8, 4) is 0 Å². The second kappa shape index (κ2) is 5.61. The summed E-state index contributed by atoms with van der Waals surface area (Å²) in [7, 11) is -2.02. The molecule has 0 aliphatic carbocycles. The summed E-state index contributed by atoms with van der Waals surface area (Å²) in [5, 5.41) is 0. The summed E-state index contributed by atoms with van der Waals surface area (Å²) in [4.78, 5) is 4.50. The molecule has 0 unspecified atom stereocenters. The zero-order valence-corrected chi connectivity index (χ0v) is 13.8. The third-order valence-electron chi connectivity index (χ3n) is 3.62. The molecule has 0 amide bonds. The van der Waals surface area contributed by atoms with Gasteiger partial charge >= 0.3 is 0 Å². The fraction of sp³-hybridized carbons (Fsp3) is 0.400. The standard InChI is InChI=1S/C15H20N2O3S/c1-10-6-7-14(8-11(10)2)21(18,19)17(5)9-15-16-12(3)13(4)20-15/h6-8H,9H2,1-5H3. The second-order valence-electron chi connectivity index (χ2n) is 5.26. The summed E-state index contributed by atoms with van der Waals surface area (Å²) >= 11 is 0. The van der Waals surface area contributed by atoms with Crippen LogP contribution in [0.1, 0.15) is 28.5 Å². The number of hydrogen-bond acceptors (Lipinski definition) is 4. The number of nitrogens with zero attached hydrogens (tertiary/aromatic N) is 2. The van der Waals surface area contributed by atoms with Gasteiger partial charge in [0, 0.05) is 7.05 Å². The average molecular weight is 308 g/mol. The summed E-state index contributed by atoms with van der Waals surface area (Å²) in [6.45, 7) is 7.61. The van der Waals surface area contributed by atoms with Gasteiger partial charge in [0.2, 0.25) is 15.9 Å². The number of benzene rings is 1. The van der Waals surface area contributed by atoms with E-state index >= 15 is 0 Å². The Bertz CT molecular complexity index is 744. The maximum atomic E-state index is 12.5. The molecule has 2 aromatic rings.